The van der Waals surface area contributed by atoms with Gasteiger partial charge in [-0.2, -0.15) is 0 Å². The molecule has 1 fully saturated rings. The van der Waals surface area contributed by atoms with Crippen LogP contribution in [0.1, 0.15) is 18.5 Å². The van der Waals surface area contributed by atoms with Crippen molar-refractivity contribution in [3.8, 4) is 5.75 Å². The van der Waals surface area contributed by atoms with Gasteiger partial charge in [-0.3, -0.25) is 10.4 Å². The third kappa shape index (κ3) is 3.40. The minimum absolute atomic E-state index is 0. The lowest BCUT2D eigenvalue weighted by Gasteiger charge is -2.05. The second-order valence-electron chi connectivity index (χ2n) is 3.54. The van der Waals surface area contributed by atoms with Gasteiger partial charge in [0.15, 0.2) is 0 Å². The van der Waals surface area contributed by atoms with Gasteiger partial charge in [0, 0.05) is 12.3 Å². The third-order valence-electron chi connectivity index (χ3n) is 2.19. The Morgan fingerprint density at radius 2 is 2.33 bits per heavy atom. The predicted octanol–water partition coefficient (Wildman–Crippen LogP) is 1.58. The van der Waals surface area contributed by atoms with Gasteiger partial charge in [-0.25, -0.2) is 0 Å². The molecule has 3 N–H and O–H groups in total. The van der Waals surface area contributed by atoms with Gasteiger partial charge in [0.05, 0.1) is 6.61 Å². The highest BCUT2D eigenvalue weighted by molar-refractivity contribution is 5.93. The summed E-state index contributed by atoms with van der Waals surface area (Å²) in [6.45, 7) is 0.765. The van der Waals surface area contributed by atoms with Gasteiger partial charge in [0.1, 0.15) is 17.3 Å². The van der Waals surface area contributed by atoms with E-state index in [2.05, 4.69) is 4.98 Å². The molecule has 82 valence electrons. The van der Waals surface area contributed by atoms with Crippen LogP contribution in [0.3, 0.4) is 0 Å². The molecule has 4 nitrogen and oxygen atoms in total. The van der Waals surface area contributed by atoms with Gasteiger partial charge in [-0.05, 0) is 24.8 Å². The van der Waals surface area contributed by atoms with E-state index in [1.807, 2.05) is 0 Å². The summed E-state index contributed by atoms with van der Waals surface area (Å²) in [6.07, 6.45) is 4.15. The first kappa shape index (κ1) is 11.8. The SMILES string of the molecule is Cl.N=C(N)c1cc(OCC2CC2)ccn1. The van der Waals surface area contributed by atoms with Crippen LogP contribution in [-0.4, -0.2) is 17.4 Å². The summed E-state index contributed by atoms with van der Waals surface area (Å²) >= 11 is 0. The highest BCUT2D eigenvalue weighted by Gasteiger charge is 2.21. The number of ether oxygens (including phenoxy) is 1. The van der Waals surface area contributed by atoms with Crippen molar-refractivity contribution < 1.29 is 4.74 Å². The molecule has 0 spiro atoms. The molecule has 1 aromatic heterocycles. The van der Waals surface area contributed by atoms with Crippen molar-refractivity contribution in [3.05, 3.63) is 24.0 Å². The van der Waals surface area contributed by atoms with E-state index in [-0.39, 0.29) is 18.2 Å². The molecule has 1 saturated carbocycles. The van der Waals surface area contributed by atoms with Gasteiger partial charge < -0.3 is 10.5 Å². The van der Waals surface area contributed by atoms with Crippen molar-refractivity contribution in [2.24, 2.45) is 11.7 Å². The van der Waals surface area contributed by atoms with E-state index >= 15 is 0 Å². The molecule has 2 rings (SSSR count). The van der Waals surface area contributed by atoms with Gasteiger partial charge in [-0.15, -0.1) is 12.4 Å². The number of amidine groups is 1. The molecule has 1 heterocycles. The lowest BCUT2D eigenvalue weighted by Crippen LogP contribution is -2.13. The van der Waals surface area contributed by atoms with Crippen LogP contribution < -0.4 is 10.5 Å². The van der Waals surface area contributed by atoms with Gasteiger partial charge in [-0.1, -0.05) is 0 Å². The van der Waals surface area contributed by atoms with E-state index < -0.39 is 0 Å². The fraction of sp³-hybridized carbons (Fsp3) is 0.400. The minimum atomic E-state index is -0.0260. The maximum atomic E-state index is 7.22. The normalized spacial score (nSPS) is 14.1. The van der Waals surface area contributed by atoms with Gasteiger partial charge in [0.25, 0.3) is 0 Å². The molecule has 0 amide bonds. The van der Waals surface area contributed by atoms with Gasteiger partial charge >= 0.3 is 0 Å². The van der Waals surface area contributed by atoms with E-state index in [1.165, 1.54) is 12.8 Å². The van der Waals surface area contributed by atoms with Crippen molar-refractivity contribution in [2.45, 2.75) is 12.8 Å². The number of pyridine rings is 1. The van der Waals surface area contributed by atoms with Crippen molar-refractivity contribution in [3.63, 3.8) is 0 Å². The smallest absolute Gasteiger partial charge is 0.141 e. The molecule has 1 aliphatic carbocycles. The Kier molecular flexibility index (Phi) is 3.91. The fourth-order valence-corrected chi connectivity index (χ4v) is 1.15. The fourth-order valence-electron chi connectivity index (χ4n) is 1.15. The average molecular weight is 228 g/mol. The Balaban J connectivity index is 0.00000112. The van der Waals surface area contributed by atoms with E-state index in [4.69, 9.17) is 15.9 Å². The number of nitrogens with one attached hydrogen (secondary N) is 1. The van der Waals surface area contributed by atoms with E-state index in [0.29, 0.717) is 5.69 Å². The average Bonchev–Trinajstić information content (AvgIpc) is 2.99. The van der Waals surface area contributed by atoms with Crippen molar-refractivity contribution in [1.29, 1.82) is 5.41 Å². The summed E-state index contributed by atoms with van der Waals surface area (Å²) in [4.78, 5) is 3.95. The predicted molar refractivity (Wildman–Crippen MR) is 60.7 cm³/mol. The lowest BCUT2D eigenvalue weighted by molar-refractivity contribution is 0.299. The summed E-state index contributed by atoms with van der Waals surface area (Å²) in [5.74, 6) is 1.45. The Morgan fingerprint density at radius 3 is 2.93 bits per heavy atom. The lowest BCUT2D eigenvalue weighted by atomic mass is 10.3. The van der Waals surface area contributed by atoms with Crippen LogP contribution >= 0.6 is 12.4 Å². The minimum Gasteiger partial charge on any atom is -0.493 e. The molecule has 1 aliphatic rings. The van der Waals surface area contributed by atoms with Crippen LogP contribution in [0.25, 0.3) is 0 Å². The molecule has 0 unspecified atom stereocenters. The molecule has 15 heavy (non-hydrogen) atoms. The number of nitrogens with two attached hydrogens (primary N) is 1. The van der Waals surface area contributed by atoms with Crippen LogP contribution in [0.4, 0.5) is 0 Å². The molecule has 0 bridgehead atoms. The summed E-state index contributed by atoms with van der Waals surface area (Å²) in [6, 6.07) is 3.49. The van der Waals surface area contributed by atoms with Crippen LogP contribution in [0.5, 0.6) is 5.75 Å². The second kappa shape index (κ2) is 4.98. The molecule has 0 radical (unpaired) electrons. The first-order valence-corrected chi connectivity index (χ1v) is 4.69. The maximum absolute atomic E-state index is 7.22. The molecule has 0 aromatic carbocycles. The topological polar surface area (TPSA) is 72.0 Å². The van der Waals surface area contributed by atoms with E-state index in [1.54, 1.807) is 18.3 Å². The molecule has 1 aromatic rings. The quantitative estimate of drug-likeness (QED) is 0.606. The van der Waals surface area contributed by atoms with Crippen molar-refractivity contribution in [1.82, 2.24) is 4.98 Å². The van der Waals surface area contributed by atoms with Crippen LogP contribution in [0.2, 0.25) is 0 Å². The number of hydrogen-bond donors (Lipinski definition) is 2. The number of rotatable bonds is 4. The summed E-state index contributed by atoms with van der Waals surface area (Å²) in [5.41, 5.74) is 5.79. The second-order valence-corrected chi connectivity index (χ2v) is 3.54. The largest absolute Gasteiger partial charge is 0.493 e. The molecule has 0 atom stereocenters. The number of hydrogen-bond acceptors (Lipinski definition) is 3. The maximum Gasteiger partial charge on any atom is 0.141 e. The zero-order valence-corrected chi connectivity index (χ0v) is 9.09. The molecule has 0 aliphatic heterocycles. The van der Waals surface area contributed by atoms with Crippen molar-refractivity contribution >= 4 is 18.2 Å². The van der Waals surface area contributed by atoms with E-state index in [0.717, 1.165) is 18.3 Å². The van der Waals surface area contributed by atoms with Gasteiger partial charge in [0.2, 0.25) is 0 Å². The van der Waals surface area contributed by atoms with E-state index in [9.17, 15) is 0 Å². The van der Waals surface area contributed by atoms with Crippen LogP contribution in [0.15, 0.2) is 18.3 Å². The number of nitrogens with zero attached hydrogens (tertiary/aromatic N) is 1. The Morgan fingerprint density at radius 1 is 1.60 bits per heavy atom. The zero-order chi connectivity index (χ0) is 9.97. The summed E-state index contributed by atoms with van der Waals surface area (Å²) in [5, 5.41) is 7.22. The first-order valence-electron chi connectivity index (χ1n) is 4.69. The molecular formula is C10H14ClN3O. The summed E-state index contributed by atoms with van der Waals surface area (Å²) in [7, 11) is 0. The number of halogens is 1. The molecule has 5 heteroatoms. The number of aromatic nitrogens is 1. The Bertz CT molecular complexity index is 352. The Hall–Kier alpha value is -1.29. The standard InChI is InChI=1S/C10H13N3O.ClH/c11-10(12)9-5-8(3-4-13-9)14-6-7-1-2-7;/h3-5,7H,1-2,6H2,(H3,11,12);1H. The number of nitrogen functional groups attached to an aromatic ring is 1. The first-order chi connectivity index (χ1) is 6.75. The summed E-state index contributed by atoms with van der Waals surface area (Å²) < 4.78 is 5.53. The van der Waals surface area contributed by atoms with Crippen molar-refractivity contribution in [2.75, 3.05) is 6.61 Å². The highest BCUT2D eigenvalue weighted by Crippen LogP contribution is 2.29. The third-order valence-corrected chi connectivity index (χ3v) is 2.19. The molecular weight excluding hydrogens is 214 g/mol. The Labute approximate surface area is 94.8 Å². The molecule has 0 saturated heterocycles. The monoisotopic (exact) mass is 227 g/mol. The van der Waals surface area contributed by atoms with Crippen LogP contribution in [0, 0.1) is 11.3 Å². The van der Waals surface area contributed by atoms with Crippen LogP contribution in [-0.2, 0) is 0 Å². The zero-order valence-electron chi connectivity index (χ0n) is 8.27. The highest BCUT2D eigenvalue weighted by atomic mass is 35.5.